The second-order valence-corrected chi connectivity index (χ2v) is 7.80. The number of non-ortho nitro benzene ring substituents is 1. The number of aryl methyl sites for hydroxylation is 1. The predicted octanol–water partition coefficient (Wildman–Crippen LogP) is 2.96. The Labute approximate surface area is 165 Å². The van der Waals surface area contributed by atoms with Crippen LogP contribution in [0.1, 0.15) is 30.9 Å². The summed E-state index contributed by atoms with van der Waals surface area (Å²) in [6, 6.07) is 6.34. The van der Waals surface area contributed by atoms with Gasteiger partial charge in [-0.25, -0.2) is 9.78 Å². The van der Waals surface area contributed by atoms with Gasteiger partial charge in [-0.3, -0.25) is 24.0 Å². The van der Waals surface area contributed by atoms with Crippen LogP contribution in [0.25, 0.3) is 11.0 Å². The molecular formula is C19H20N4O4S. The van der Waals surface area contributed by atoms with Crippen molar-refractivity contribution in [2.45, 2.75) is 30.4 Å². The maximum atomic E-state index is 12.8. The average Bonchev–Trinajstić information content (AvgIpc) is 2.68. The molecule has 9 heteroatoms. The van der Waals surface area contributed by atoms with E-state index in [0.717, 1.165) is 20.6 Å². The van der Waals surface area contributed by atoms with Crippen molar-refractivity contribution in [1.82, 2.24) is 14.1 Å². The van der Waals surface area contributed by atoms with Crippen LogP contribution in [0.3, 0.4) is 0 Å². The minimum absolute atomic E-state index is 0.0369. The summed E-state index contributed by atoms with van der Waals surface area (Å²) < 4.78 is 2.46. The van der Waals surface area contributed by atoms with E-state index < -0.39 is 10.6 Å². The molecule has 0 N–H and O–H groups in total. The van der Waals surface area contributed by atoms with Gasteiger partial charge in [0.25, 0.3) is 11.2 Å². The zero-order chi connectivity index (χ0) is 20.6. The Hall–Kier alpha value is -2.94. The Balaban J connectivity index is 2.12. The molecule has 3 rings (SSSR count). The molecule has 1 aromatic carbocycles. The van der Waals surface area contributed by atoms with Gasteiger partial charge in [-0.05, 0) is 17.0 Å². The lowest BCUT2D eigenvalue weighted by Crippen LogP contribution is -2.37. The van der Waals surface area contributed by atoms with Crippen LogP contribution in [0, 0.1) is 10.1 Å². The summed E-state index contributed by atoms with van der Waals surface area (Å²) in [4.78, 5) is 40.6. The summed E-state index contributed by atoms with van der Waals surface area (Å²) in [5.74, 6) is 0.668. The van der Waals surface area contributed by atoms with Gasteiger partial charge in [0.15, 0.2) is 0 Å². The SMILES string of the molecule is CC(C)c1cnc2c(c1SCc1ccc([N+](=O)[O-])cc1)c(=O)n(C)c(=O)n2C. The normalized spacial score (nSPS) is 11.3. The molecular weight excluding hydrogens is 380 g/mol. The predicted molar refractivity (Wildman–Crippen MR) is 109 cm³/mol. The second kappa shape index (κ2) is 7.59. The first-order chi connectivity index (χ1) is 13.2. The van der Waals surface area contributed by atoms with Gasteiger partial charge >= 0.3 is 5.69 Å². The van der Waals surface area contributed by atoms with Crippen molar-refractivity contribution in [3.8, 4) is 0 Å². The quantitative estimate of drug-likeness (QED) is 0.371. The third-order valence-electron chi connectivity index (χ3n) is 4.60. The molecule has 0 atom stereocenters. The number of fused-ring (bicyclic) bond motifs is 1. The molecule has 28 heavy (non-hydrogen) atoms. The topological polar surface area (TPSA) is 100 Å². The van der Waals surface area contributed by atoms with Crippen LogP contribution in [-0.4, -0.2) is 19.0 Å². The van der Waals surface area contributed by atoms with Crippen LogP contribution in [0.15, 0.2) is 44.9 Å². The van der Waals surface area contributed by atoms with E-state index in [1.165, 1.54) is 35.5 Å². The molecule has 3 aromatic rings. The minimum atomic E-state index is -0.436. The van der Waals surface area contributed by atoms with Gasteiger partial charge in [0.1, 0.15) is 5.65 Å². The number of nitro benzene ring substituents is 1. The number of rotatable bonds is 5. The number of hydrogen-bond acceptors (Lipinski definition) is 6. The first-order valence-electron chi connectivity index (χ1n) is 8.67. The van der Waals surface area contributed by atoms with E-state index in [1.807, 2.05) is 13.8 Å². The Kier molecular flexibility index (Phi) is 5.37. The molecule has 0 amide bonds. The summed E-state index contributed by atoms with van der Waals surface area (Å²) in [6.07, 6.45) is 1.71. The monoisotopic (exact) mass is 400 g/mol. The molecule has 0 saturated heterocycles. The lowest BCUT2D eigenvalue weighted by molar-refractivity contribution is -0.384. The number of pyridine rings is 1. The molecule has 0 unspecified atom stereocenters. The summed E-state index contributed by atoms with van der Waals surface area (Å²) in [6.45, 7) is 4.04. The Morgan fingerprint density at radius 1 is 1.14 bits per heavy atom. The molecule has 2 heterocycles. The van der Waals surface area contributed by atoms with Gasteiger partial charge in [0, 0.05) is 43.1 Å². The van der Waals surface area contributed by atoms with E-state index >= 15 is 0 Å². The molecule has 0 aliphatic heterocycles. The van der Waals surface area contributed by atoms with E-state index in [2.05, 4.69) is 4.98 Å². The van der Waals surface area contributed by atoms with Crippen molar-refractivity contribution in [1.29, 1.82) is 0 Å². The smallest absolute Gasteiger partial charge is 0.280 e. The second-order valence-electron chi connectivity index (χ2n) is 6.81. The van der Waals surface area contributed by atoms with Crippen LogP contribution in [0.5, 0.6) is 0 Å². The van der Waals surface area contributed by atoms with Gasteiger partial charge < -0.3 is 0 Å². The number of hydrogen-bond donors (Lipinski definition) is 0. The highest BCUT2D eigenvalue weighted by molar-refractivity contribution is 7.98. The van der Waals surface area contributed by atoms with Gasteiger partial charge in [0.2, 0.25) is 0 Å². The summed E-state index contributed by atoms with van der Waals surface area (Å²) in [5.41, 5.74) is 1.42. The zero-order valence-electron chi connectivity index (χ0n) is 16.0. The van der Waals surface area contributed by atoms with Gasteiger partial charge in [-0.1, -0.05) is 26.0 Å². The lowest BCUT2D eigenvalue weighted by atomic mass is 10.0. The molecule has 8 nitrogen and oxygen atoms in total. The van der Waals surface area contributed by atoms with E-state index in [1.54, 1.807) is 25.4 Å². The van der Waals surface area contributed by atoms with Crippen molar-refractivity contribution in [2.75, 3.05) is 0 Å². The van der Waals surface area contributed by atoms with Crippen LogP contribution >= 0.6 is 11.8 Å². The third kappa shape index (κ3) is 3.45. The fourth-order valence-corrected chi connectivity index (χ4v) is 4.23. The first-order valence-corrected chi connectivity index (χ1v) is 9.65. The van der Waals surface area contributed by atoms with Crippen molar-refractivity contribution < 1.29 is 4.92 Å². The van der Waals surface area contributed by atoms with Crippen molar-refractivity contribution in [2.24, 2.45) is 14.1 Å². The van der Waals surface area contributed by atoms with Crippen molar-refractivity contribution in [3.63, 3.8) is 0 Å². The number of benzene rings is 1. The zero-order valence-corrected chi connectivity index (χ0v) is 16.8. The average molecular weight is 400 g/mol. The number of aromatic nitrogens is 3. The van der Waals surface area contributed by atoms with Crippen molar-refractivity contribution >= 4 is 28.5 Å². The highest BCUT2D eigenvalue weighted by Gasteiger charge is 2.19. The van der Waals surface area contributed by atoms with E-state index in [0.29, 0.717) is 16.8 Å². The largest absolute Gasteiger partial charge is 0.332 e. The molecule has 2 aromatic heterocycles. The highest BCUT2D eigenvalue weighted by Crippen LogP contribution is 2.34. The molecule has 0 aliphatic carbocycles. The Morgan fingerprint density at radius 2 is 1.79 bits per heavy atom. The number of thioether (sulfide) groups is 1. The fourth-order valence-electron chi connectivity index (χ4n) is 2.95. The number of nitro groups is 1. The van der Waals surface area contributed by atoms with Crippen LogP contribution in [0.2, 0.25) is 0 Å². The summed E-state index contributed by atoms with van der Waals surface area (Å²) in [7, 11) is 3.05. The van der Waals surface area contributed by atoms with Gasteiger partial charge in [-0.15, -0.1) is 11.8 Å². The molecule has 0 saturated carbocycles. The van der Waals surface area contributed by atoms with Gasteiger partial charge in [0.05, 0.1) is 10.3 Å². The molecule has 0 radical (unpaired) electrons. The van der Waals surface area contributed by atoms with Crippen LogP contribution in [-0.2, 0) is 19.8 Å². The highest BCUT2D eigenvalue weighted by atomic mass is 32.2. The lowest BCUT2D eigenvalue weighted by Gasteiger charge is -2.16. The maximum Gasteiger partial charge on any atom is 0.332 e. The minimum Gasteiger partial charge on any atom is -0.280 e. The standard InChI is InChI=1S/C19H20N4O4S/c1-11(2)14-9-20-17-15(18(24)22(4)19(25)21(17)3)16(14)28-10-12-5-7-13(8-6-12)23(26)27/h5-9,11H,10H2,1-4H3. The summed E-state index contributed by atoms with van der Waals surface area (Å²) >= 11 is 1.47. The van der Waals surface area contributed by atoms with Gasteiger partial charge in [-0.2, -0.15) is 0 Å². The third-order valence-corrected chi connectivity index (χ3v) is 5.81. The molecule has 0 fully saturated rings. The van der Waals surface area contributed by atoms with E-state index in [-0.39, 0.29) is 17.2 Å². The first kappa shape index (κ1) is 19.8. The maximum absolute atomic E-state index is 12.8. The van der Waals surface area contributed by atoms with Crippen molar-refractivity contribution in [3.05, 3.63) is 72.5 Å². The van der Waals surface area contributed by atoms with E-state index in [4.69, 9.17) is 0 Å². The fraction of sp³-hybridized carbons (Fsp3) is 0.316. The molecule has 0 bridgehead atoms. The summed E-state index contributed by atoms with van der Waals surface area (Å²) in [5, 5.41) is 11.2. The molecule has 0 spiro atoms. The molecule has 146 valence electrons. The van der Waals surface area contributed by atoms with Crippen LogP contribution in [0.4, 0.5) is 5.69 Å². The Bertz CT molecular complexity index is 1180. The molecule has 0 aliphatic rings. The number of nitrogens with zero attached hydrogens (tertiary/aromatic N) is 4. The van der Waals surface area contributed by atoms with E-state index in [9.17, 15) is 19.7 Å². The Morgan fingerprint density at radius 3 is 2.36 bits per heavy atom. The van der Waals surface area contributed by atoms with Crippen LogP contribution < -0.4 is 11.2 Å².